The van der Waals surface area contributed by atoms with Crippen LogP contribution < -0.4 is 24.6 Å². The van der Waals surface area contributed by atoms with Crippen molar-refractivity contribution in [2.45, 2.75) is 13.8 Å². The molecule has 2 aromatic rings. The van der Waals surface area contributed by atoms with Gasteiger partial charge in [-0.25, -0.2) is 0 Å². The van der Waals surface area contributed by atoms with Crippen LogP contribution in [-0.4, -0.2) is 83.0 Å². The van der Waals surface area contributed by atoms with Gasteiger partial charge in [-0.2, -0.15) is 0 Å². The average molecular weight is 469 g/mol. The fourth-order valence-corrected chi connectivity index (χ4v) is 4.44. The van der Waals surface area contributed by atoms with Crippen LogP contribution in [0.15, 0.2) is 42.5 Å². The number of amides is 1. The maximum absolute atomic E-state index is 13.0. The quantitative estimate of drug-likeness (QED) is 0.607. The zero-order chi connectivity index (χ0) is 23.8. The molecule has 184 valence electrons. The second-order valence-corrected chi connectivity index (χ2v) is 8.43. The van der Waals surface area contributed by atoms with Gasteiger partial charge in [-0.3, -0.25) is 9.69 Å². The minimum Gasteiger partial charge on any atom is -0.492 e. The number of morpholine rings is 1. The molecule has 8 nitrogen and oxygen atoms in total. The normalized spacial score (nSPS) is 16.9. The molecule has 2 aliphatic heterocycles. The Kier molecular flexibility index (Phi) is 8.49. The van der Waals surface area contributed by atoms with Gasteiger partial charge in [-0.05, 0) is 26.0 Å². The third kappa shape index (κ3) is 6.12. The number of ether oxygens (including phenoxy) is 3. The molecular formula is C26H36N4O4. The standard InChI is InChI=1S/C26H36N4O4/c1-3-33-24-19-23(30-14-16-32-17-15-30)25(34-4-2)18-22(24)27-26(31)20-28-10-12-29(13-11-28)21-8-6-5-7-9-21/h5-9,18-19H,3-4,10-17,20H2,1-2H3,(H,27,31). The number of nitrogens with zero attached hydrogens (tertiary/aromatic N) is 3. The van der Waals surface area contributed by atoms with Gasteiger partial charge in [0, 0.05) is 57.1 Å². The molecule has 8 heteroatoms. The Balaban J connectivity index is 1.41. The summed E-state index contributed by atoms with van der Waals surface area (Å²) >= 11 is 0. The fraction of sp³-hybridized carbons (Fsp3) is 0.500. The van der Waals surface area contributed by atoms with E-state index >= 15 is 0 Å². The number of carbonyl (C=O) groups is 1. The molecule has 2 saturated heterocycles. The summed E-state index contributed by atoms with van der Waals surface area (Å²) in [5.41, 5.74) is 2.86. The van der Waals surface area contributed by atoms with E-state index in [1.54, 1.807) is 0 Å². The first-order valence-corrected chi connectivity index (χ1v) is 12.3. The Hall–Kier alpha value is -2.97. The number of anilines is 3. The summed E-state index contributed by atoms with van der Waals surface area (Å²) in [5, 5.41) is 3.07. The second kappa shape index (κ2) is 11.9. The zero-order valence-electron chi connectivity index (χ0n) is 20.3. The van der Waals surface area contributed by atoms with Crippen molar-refractivity contribution in [2.24, 2.45) is 0 Å². The predicted octanol–water partition coefficient (Wildman–Crippen LogP) is 3.08. The molecule has 2 aliphatic rings. The number of carbonyl (C=O) groups excluding carboxylic acids is 1. The number of rotatable bonds is 9. The summed E-state index contributed by atoms with van der Waals surface area (Å²) < 4.78 is 17.4. The third-order valence-corrected chi connectivity index (χ3v) is 6.15. The first-order valence-electron chi connectivity index (χ1n) is 12.3. The van der Waals surface area contributed by atoms with Crippen LogP contribution in [-0.2, 0) is 9.53 Å². The lowest BCUT2D eigenvalue weighted by atomic mass is 10.2. The van der Waals surface area contributed by atoms with Crippen molar-refractivity contribution < 1.29 is 19.0 Å². The molecule has 2 heterocycles. The van der Waals surface area contributed by atoms with E-state index in [-0.39, 0.29) is 5.91 Å². The van der Waals surface area contributed by atoms with Crippen molar-refractivity contribution in [2.75, 3.05) is 87.4 Å². The van der Waals surface area contributed by atoms with E-state index < -0.39 is 0 Å². The number of hydrogen-bond acceptors (Lipinski definition) is 7. The van der Waals surface area contributed by atoms with Crippen LogP contribution in [0.5, 0.6) is 11.5 Å². The highest BCUT2D eigenvalue weighted by Gasteiger charge is 2.22. The average Bonchev–Trinajstić information content (AvgIpc) is 2.87. The Bertz CT molecular complexity index is 926. The number of piperazine rings is 1. The highest BCUT2D eigenvalue weighted by Crippen LogP contribution is 2.39. The van der Waals surface area contributed by atoms with E-state index in [9.17, 15) is 4.79 Å². The van der Waals surface area contributed by atoms with Crippen LogP contribution in [0.3, 0.4) is 0 Å². The van der Waals surface area contributed by atoms with Gasteiger partial charge in [0.25, 0.3) is 0 Å². The van der Waals surface area contributed by atoms with E-state index in [0.717, 1.165) is 50.7 Å². The molecule has 34 heavy (non-hydrogen) atoms. The van der Waals surface area contributed by atoms with Crippen LogP contribution in [0.1, 0.15) is 13.8 Å². The van der Waals surface area contributed by atoms with Crippen LogP contribution in [0.4, 0.5) is 17.1 Å². The minimum atomic E-state index is -0.0457. The maximum atomic E-state index is 13.0. The van der Waals surface area contributed by atoms with Gasteiger partial charge in [0.05, 0.1) is 44.3 Å². The van der Waals surface area contributed by atoms with Gasteiger partial charge in [-0.15, -0.1) is 0 Å². The van der Waals surface area contributed by atoms with Gasteiger partial charge in [-0.1, -0.05) is 18.2 Å². The van der Waals surface area contributed by atoms with Crippen molar-refractivity contribution in [3.05, 3.63) is 42.5 Å². The van der Waals surface area contributed by atoms with Crippen LogP contribution in [0.25, 0.3) is 0 Å². The monoisotopic (exact) mass is 468 g/mol. The Labute approximate surface area is 202 Å². The molecule has 0 bridgehead atoms. The third-order valence-electron chi connectivity index (χ3n) is 6.15. The lowest BCUT2D eigenvalue weighted by Crippen LogP contribution is -2.48. The molecule has 2 fully saturated rings. The summed E-state index contributed by atoms with van der Waals surface area (Å²) in [6.45, 7) is 11.8. The number of para-hydroxylation sites is 1. The molecule has 0 radical (unpaired) electrons. The Morgan fingerprint density at radius 3 is 2.24 bits per heavy atom. The molecule has 0 saturated carbocycles. The van der Waals surface area contributed by atoms with E-state index in [1.807, 2.05) is 32.0 Å². The van der Waals surface area contributed by atoms with Crippen molar-refractivity contribution in [3.8, 4) is 11.5 Å². The molecule has 2 aromatic carbocycles. The minimum absolute atomic E-state index is 0.0457. The molecule has 0 atom stereocenters. The maximum Gasteiger partial charge on any atom is 0.238 e. The lowest BCUT2D eigenvalue weighted by Gasteiger charge is -2.35. The fourth-order valence-electron chi connectivity index (χ4n) is 4.44. The molecule has 0 aliphatic carbocycles. The van der Waals surface area contributed by atoms with E-state index in [0.29, 0.717) is 44.4 Å². The lowest BCUT2D eigenvalue weighted by molar-refractivity contribution is -0.117. The van der Waals surface area contributed by atoms with Crippen LogP contribution in [0, 0.1) is 0 Å². The first-order chi connectivity index (χ1) is 16.7. The first kappa shape index (κ1) is 24.2. The summed E-state index contributed by atoms with van der Waals surface area (Å²) in [6, 6.07) is 14.3. The molecule has 0 spiro atoms. The largest absolute Gasteiger partial charge is 0.492 e. The van der Waals surface area contributed by atoms with E-state index in [4.69, 9.17) is 14.2 Å². The van der Waals surface area contributed by atoms with Gasteiger partial charge < -0.3 is 29.3 Å². The number of nitrogens with one attached hydrogen (secondary N) is 1. The summed E-state index contributed by atoms with van der Waals surface area (Å²) in [6.07, 6.45) is 0. The molecular weight excluding hydrogens is 432 g/mol. The molecule has 1 N–H and O–H groups in total. The van der Waals surface area contributed by atoms with Crippen molar-refractivity contribution >= 4 is 23.0 Å². The van der Waals surface area contributed by atoms with Crippen LogP contribution >= 0.6 is 0 Å². The smallest absolute Gasteiger partial charge is 0.238 e. The summed E-state index contributed by atoms with van der Waals surface area (Å²) in [4.78, 5) is 19.8. The van der Waals surface area contributed by atoms with Gasteiger partial charge in [0.1, 0.15) is 11.5 Å². The van der Waals surface area contributed by atoms with Crippen LogP contribution in [0.2, 0.25) is 0 Å². The Morgan fingerprint density at radius 1 is 0.882 bits per heavy atom. The van der Waals surface area contributed by atoms with Crippen molar-refractivity contribution in [1.82, 2.24) is 4.90 Å². The van der Waals surface area contributed by atoms with Gasteiger partial charge in [0.15, 0.2) is 0 Å². The molecule has 1 amide bonds. The molecule has 0 unspecified atom stereocenters. The van der Waals surface area contributed by atoms with Gasteiger partial charge in [0.2, 0.25) is 5.91 Å². The van der Waals surface area contributed by atoms with E-state index in [1.165, 1.54) is 5.69 Å². The summed E-state index contributed by atoms with van der Waals surface area (Å²) in [7, 11) is 0. The zero-order valence-corrected chi connectivity index (χ0v) is 20.3. The highest BCUT2D eigenvalue weighted by atomic mass is 16.5. The number of hydrogen-bond donors (Lipinski definition) is 1. The van der Waals surface area contributed by atoms with E-state index in [2.05, 4.69) is 44.3 Å². The second-order valence-electron chi connectivity index (χ2n) is 8.43. The number of benzene rings is 2. The van der Waals surface area contributed by atoms with Crippen molar-refractivity contribution in [3.63, 3.8) is 0 Å². The summed E-state index contributed by atoms with van der Waals surface area (Å²) in [5.74, 6) is 1.37. The Morgan fingerprint density at radius 2 is 1.56 bits per heavy atom. The topological polar surface area (TPSA) is 66.5 Å². The molecule has 4 rings (SSSR count). The van der Waals surface area contributed by atoms with Gasteiger partial charge >= 0.3 is 0 Å². The SMILES string of the molecule is CCOc1cc(N2CCOCC2)c(OCC)cc1NC(=O)CN1CCN(c2ccccc2)CC1. The van der Waals surface area contributed by atoms with Crippen molar-refractivity contribution in [1.29, 1.82) is 0 Å². The highest BCUT2D eigenvalue weighted by molar-refractivity contribution is 5.94. The predicted molar refractivity (Wildman–Crippen MR) is 136 cm³/mol. The molecule has 0 aromatic heterocycles.